The third-order valence-corrected chi connectivity index (χ3v) is 2.90. The Balaban J connectivity index is 1.67. The highest BCUT2D eigenvalue weighted by Gasteiger charge is 1.97. The zero-order chi connectivity index (χ0) is 12.2. The second-order valence-corrected chi connectivity index (χ2v) is 4.16. The van der Waals surface area contributed by atoms with E-state index < -0.39 is 0 Å². The van der Waals surface area contributed by atoms with Gasteiger partial charge in [-0.3, -0.25) is 0 Å². The molecule has 90 valence electrons. The molecule has 3 rings (SSSR count). The van der Waals surface area contributed by atoms with E-state index in [0.29, 0.717) is 6.61 Å². The van der Waals surface area contributed by atoms with Crippen molar-refractivity contribution >= 4 is 10.8 Å². The van der Waals surface area contributed by atoms with Gasteiger partial charge in [0.1, 0.15) is 12.4 Å². The summed E-state index contributed by atoms with van der Waals surface area (Å²) in [5, 5.41) is 2.44. The second kappa shape index (κ2) is 4.92. The van der Waals surface area contributed by atoms with E-state index in [1.165, 1.54) is 10.8 Å². The van der Waals surface area contributed by atoms with Crippen molar-refractivity contribution in [3.8, 4) is 5.75 Å². The molecular weight excluding hydrogens is 224 g/mol. The molecule has 0 amide bonds. The van der Waals surface area contributed by atoms with Gasteiger partial charge < -0.3 is 9.30 Å². The van der Waals surface area contributed by atoms with E-state index in [1.54, 1.807) is 12.5 Å². The number of aromatic nitrogens is 2. The second-order valence-electron chi connectivity index (χ2n) is 4.16. The fraction of sp³-hybridized carbons (Fsp3) is 0.133. The van der Waals surface area contributed by atoms with Gasteiger partial charge in [-0.1, -0.05) is 30.3 Å². The van der Waals surface area contributed by atoms with Crippen LogP contribution in [0.2, 0.25) is 0 Å². The molecule has 0 bridgehead atoms. The normalized spacial score (nSPS) is 10.7. The predicted octanol–water partition coefficient (Wildman–Crippen LogP) is 3.12. The molecule has 0 aliphatic carbocycles. The number of nitrogens with zero attached hydrogens (tertiary/aromatic N) is 2. The maximum absolute atomic E-state index is 5.74. The third kappa shape index (κ3) is 2.35. The summed E-state index contributed by atoms with van der Waals surface area (Å²) in [4.78, 5) is 4.00. The average molecular weight is 238 g/mol. The van der Waals surface area contributed by atoms with E-state index in [0.717, 1.165) is 12.3 Å². The van der Waals surface area contributed by atoms with Gasteiger partial charge in [-0.15, -0.1) is 0 Å². The van der Waals surface area contributed by atoms with Crippen molar-refractivity contribution in [2.75, 3.05) is 6.61 Å². The highest BCUT2D eigenvalue weighted by molar-refractivity contribution is 5.83. The molecular formula is C15H14N2O. The minimum Gasteiger partial charge on any atom is -0.492 e. The molecule has 2 aromatic carbocycles. The van der Waals surface area contributed by atoms with Crippen molar-refractivity contribution in [3.05, 3.63) is 61.2 Å². The highest BCUT2D eigenvalue weighted by atomic mass is 16.5. The van der Waals surface area contributed by atoms with Crippen molar-refractivity contribution in [2.24, 2.45) is 0 Å². The lowest BCUT2D eigenvalue weighted by atomic mass is 10.1. The third-order valence-electron chi connectivity index (χ3n) is 2.90. The van der Waals surface area contributed by atoms with Gasteiger partial charge in [-0.25, -0.2) is 4.98 Å². The molecule has 3 aromatic rings. The monoisotopic (exact) mass is 238 g/mol. The van der Waals surface area contributed by atoms with Crippen molar-refractivity contribution in [2.45, 2.75) is 6.54 Å². The summed E-state index contributed by atoms with van der Waals surface area (Å²) in [6.07, 6.45) is 5.50. The topological polar surface area (TPSA) is 27.1 Å². The van der Waals surface area contributed by atoms with Crippen LogP contribution in [0.1, 0.15) is 0 Å². The first-order valence-corrected chi connectivity index (χ1v) is 5.99. The van der Waals surface area contributed by atoms with Crippen molar-refractivity contribution in [1.29, 1.82) is 0 Å². The lowest BCUT2D eigenvalue weighted by Crippen LogP contribution is -2.06. The quantitative estimate of drug-likeness (QED) is 0.698. The molecule has 0 saturated heterocycles. The Bertz CT molecular complexity index is 632. The van der Waals surface area contributed by atoms with Gasteiger partial charge in [0, 0.05) is 12.4 Å². The molecule has 0 aliphatic rings. The molecule has 18 heavy (non-hydrogen) atoms. The Morgan fingerprint density at radius 2 is 1.94 bits per heavy atom. The predicted molar refractivity (Wildman–Crippen MR) is 71.7 cm³/mol. The van der Waals surface area contributed by atoms with Crippen LogP contribution in [0, 0.1) is 0 Å². The smallest absolute Gasteiger partial charge is 0.120 e. The Morgan fingerprint density at radius 1 is 1.06 bits per heavy atom. The molecule has 0 radical (unpaired) electrons. The number of imidazole rings is 1. The number of rotatable bonds is 4. The van der Waals surface area contributed by atoms with Crippen LogP contribution in [-0.2, 0) is 6.54 Å². The van der Waals surface area contributed by atoms with Crippen LogP contribution in [0.25, 0.3) is 10.8 Å². The largest absolute Gasteiger partial charge is 0.492 e. The maximum Gasteiger partial charge on any atom is 0.120 e. The lowest BCUT2D eigenvalue weighted by Gasteiger charge is -2.07. The summed E-state index contributed by atoms with van der Waals surface area (Å²) < 4.78 is 7.74. The maximum atomic E-state index is 5.74. The summed E-state index contributed by atoms with van der Waals surface area (Å²) in [6, 6.07) is 14.4. The average Bonchev–Trinajstić information content (AvgIpc) is 2.92. The summed E-state index contributed by atoms with van der Waals surface area (Å²) >= 11 is 0. The standard InChI is InChI=1S/C15H14N2O/c1-2-4-14-11-15(6-5-13(14)3-1)18-10-9-17-8-7-16-12-17/h1-8,11-12H,9-10H2. The van der Waals surface area contributed by atoms with Crippen LogP contribution >= 0.6 is 0 Å². The Morgan fingerprint density at radius 3 is 2.78 bits per heavy atom. The summed E-state index contributed by atoms with van der Waals surface area (Å²) in [5.74, 6) is 0.911. The van der Waals surface area contributed by atoms with Crippen LogP contribution < -0.4 is 4.74 Å². The van der Waals surface area contributed by atoms with E-state index >= 15 is 0 Å². The highest BCUT2D eigenvalue weighted by Crippen LogP contribution is 2.20. The molecule has 0 unspecified atom stereocenters. The van der Waals surface area contributed by atoms with Crippen LogP contribution in [0.5, 0.6) is 5.75 Å². The molecule has 0 atom stereocenters. The van der Waals surface area contributed by atoms with Crippen LogP contribution in [0.3, 0.4) is 0 Å². The molecule has 0 N–H and O–H groups in total. The van der Waals surface area contributed by atoms with Gasteiger partial charge in [-0.2, -0.15) is 0 Å². The van der Waals surface area contributed by atoms with E-state index in [4.69, 9.17) is 4.74 Å². The molecule has 1 aromatic heterocycles. The SMILES string of the molecule is c1ccc2cc(OCCn3ccnc3)ccc2c1. The first-order chi connectivity index (χ1) is 8.92. The molecule has 1 heterocycles. The summed E-state index contributed by atoms with van der Waals surface area (Å²) in [7, 11) is 0. The molecule has 0 saturated carbocycles. The van der Waals surface area contributed by atoms with Crippen molar-refractivity contribution < 1.29 is 4.74 Å². The molecule has 0 aliphatic heterocycles. The fourth-order valence-electron chi connectivity index (χ4n) is 1.95. The summed E-state index contributed by atoms with van der Waals surface area (Å²) in [5.41, 5.74) is 0. The van der Waals surface area contributed by atoms with Crippen molar-refractivity contribution in [1.82, 2.24) is 9.55 Å². The fourth-order valence-corrected chi connectivity index (χ4v) is 1.95. The minimum absolute atomic E-state index is 0.648. The Kier molecular flexibility index (Phi) is 2.96. The molecule has 0 spiro atoms. The van der Waals surface area contributed by atoms with Crippen LogP contribution in [0.15, 0.2) is 61.2 Å². The van der Waals surface area contributed by atoms with Gasteiger partial charge in [0.25, 0.3) is 0 Å². The van der Waals surface area contributed by atoms with E-state index in [1.807, 2.05) is 29.0 Å². The molecule has 3 heteroatoms. The van der Waals surface area contributed by atoms with E-state index in [9.17, 15) is 0 Å². The van der Waals surface area contributed by atoms with Crippen LogP contribution in [0.4, 0.5) is 0 Å². The van der Waals surface area contributed by atoms with Gasteiger partial charge >= 0.3 is 0 Å². The Hall–Kier alpha value is -2.29. The lowest BCUT2D eigenvalue weighted by molar-refractivity contribution is 0.298. The van der Waals surface area contributed by atoms with E-state index in [-0.39, 0.29) is 0 Å². The van der Waals surface area contributed by atoms with E-state index in [2.05, 4.69) is 29.2 Å². The first kappa shape index (κ1) is 10.8. The van der Waals surface area contributed by atoms with Gasteiger partial charge in [0.15, 0.2) is 0 Å². The number of fused-ring (bicyclic) bond motifs is 1. The van der Waals surface area contributed by atoms with Crippen LogP contribution in [-0.4, -0.2) is 16.2 Å². The zero-order valence-electron chi connectivity index (χ0n) is 9.99. The summed E-state index contributed by atoms with van der Waals surface area (Å²) in [6.45, 7) is 1.46. The number of hydrogen-bond acceptors (Lipinski definition) is 2. The van der Waals surface area contributed by atoms with Gasteiger partial charge in [0.05, 0.1) is 12.9 Å². The number of benzene rings is 2. The van der Waals surface area contributed by atoms with Crippen molar-refractivity contribution in [3.63, 3.8) is 0 Å². The Labute approximate surface area is 106 Å². The van der Waals surface area contributed by atoms with Gasteiger partial charge in [0.2, 0.25) is 0 Å². The molecule has 3 nitrogen and oxygen atoms in total. The number of hydrogen-bond donors (Lipinski definition) is 0. The molecule has 0 fully saturated rings. The first-order valence-electron chi connectivity index (χ1n) is 5.99. The van der Waals surface area contributed by atoms with Gasteiger partial charge in [-0.05, 0) is 22.9 Å². The minimum atomic E-state index is 0.648. The number of ether oxygens (including phenoxy) is 1. The zero-order valence-corrected chi connectivity index (χ0v) is 9.99.